The van der Waals surface area contributed by atoms with E-state index in [1.54, 1.807) is 18.7 Å². The maximum Gasteiger partial charge on any atom is 0.259 e. The Hall–Kier alpha value is -1.36. The summed E-state index contributed by atoms with van der Waals surface area (Å²) in [5.41, 5.74) is 1.20. The summed E-state index contributed by atoms with van der Waals surface area (Å²) in [7, 11) is 0. The van der Waals surface area contributed by atoms with Gasteiger partial charge < -0.3 is 14.5 Å². The first-order chi connectivity index (χ1) is 7.63. The zero-order chi connectivity index (χ0) is 11.7. The molecule has 0 bridgehead atoms. The zero-order valence-electron chi connectivity index (χ0n) is 9.56. The summed E-state index contributed by atoms with van der Waals surface area (Å²) in [6.45, 7) is 4.98. The third-order valence-corrected chi connectivity index (χ3v) is 3.08. The van der Waals surface area contributed by atoms with Gasteiger partial charge in [0.05, 0.1) is 5.69 Å². The molecule has 1 aromatic rings. The average Bonchev–Trinajstić information content (AvgIpc) is 2.85. The molecule has 0 aromatic carbocycles. The fourth-order valence-corrected chi connectivity index (χ4v) is 2.11. The molecular weight excluding hydrogens is 208 g/mol. The van der Waals surface area contributed by atoms with E-state index in [0.29, 0.717) is 30.1 Å². The van der Waals surface area contributed by atoms with E-state index in [9.17, 15) is 4.79 Å². The standard InChI is InChI=1S/C11H16N2O3/c1-7-10(8(2)16-12-7)11(15)13-4-3-9(5-13)6-14/h9,14H,3-6H2,1-2H3/t9-/m1/s1. The van der Waals surface area contributed by atoms with E-state index in [0.717, 1.165) is 6.42 Å². The molecule has 0 radical (unpaired) electrons. The maximum absolute atomic E-state index is 12.2. The van der Waals surface area contributed by atoms with Gasteiger partial charge in [-0.3, -0.25) is 4.79 Å². The van der Waals surface area contributed by atoms with Gasteiger partial charge in [0, 0.05) is 25.6 Å². The minimum absolute atomic E-state index is 0.0350. The van der Waals surface area contributed by atoms with Crippen molar-refractivity contribution >= 4 is 5.91 Å². The molecule has 2 rings (SSSR count). The van der Waals surface area contributed by atoms with Crippen LogP contribution in [0.2, 0.25) is 0 Å². The quantitative estimate of drug-likeness (QED) is 0.804. The van der Waals surface area contributed by atoms with Crippen LogP contribution in [0.5, 0.6) is 0 Å². The molecule has 16 heavy (non-hydrogen) atoms. The van der Waals surface area contributed by atoms with E-state index in [1.807, 2.05) is 0 Å². The van der Waals surface area contributed by atoms with Crippen LogP contribution in [-0.2, 0) is 0 Å². The Bertz CT molecular complexity index is 380. The highest BCUT2D eigenvalue weighted by atomic mass is 16.5. The highest BCUT2D eigenvalue weighted by Gasteiger charge is 2.29. The molecule has 1 aliphatic heterocycles. The van der Waals surface area contributed by atoms with Crippen LogP contribution in [0.15, 0.2) is 4.52 Å². The van der Waals surface area contributed by atoms with Crippen molar-refractivity contribution in [3.8, 4) is 0 Å². The van der Waals surface area contributed by atoms with Crippen LogP contribution in [0.3, 0.4) is 0 Å². The number of aromatic nitrogens is 1. The second-order valence-electron chi connectivity index (χ2n) is 4.29. The molecule has 0 saturated carbocycles. The first-order valence-electron chi connectivity index (χ1n) is 5.46. The Kier molecular flexibility index (Phi) is 2.96. The van der Waals surface area contributed by atoms with E-state index in [2.05, 4.69) is 5.16 Å². The Balaban J connectivity index is 2.15. The fourth-order valence-electron chi connectivity index (χ4n) is 2.11. The fraction of sp³-hybridized carbons (Fsp3) is 0.636. The summed E-state index contributed by atoms with van der Waals surface area (Å²) in [5, 5.41) is 12.8. The van der Waals surface area contributed by atoms with Crippen LogP contribution in [0.1, 0.15) is 28.2 Å². The second kappa shape index (κ2) is 4.25. The molecule has 5 nitrogen and oxygen atoms in total. The highest BCUT2D eigenvalue weighted by Crippen LogP contribution is 2.21. The van der Waals surface area contributed by atoms with Crippen molar-refractivity contribution in [2.75, 3.05) is 19.7 Å². The summed E-state index contributed by atoms with van der Waals surface area (Å²) in [6, 6.07) is 0. The minimum atomic E-state index is -0.0350. The molecule has 1 amide bonds. The van der Waals surface area contributed by atoms with E-state index < -0.39 is 0 Å². The Labute approximate surface area is 94.0 Å². The maximum atomic E-state index is 12.2. The van der Waals surface area contributed by atoms with Gasteiger partial charge in [0.1, 0.15) is 11.3 Å². The van der Waals surface area contributed by atoms with Crippen molar-refractivity contribution < 1.29 is 14.4 Å². The summed E-state index contributed by atoms with van der Waals surface area (Å²) < 4.78 is 4.98. The molecule has 0 unspecified atom stereocenters. The van der Waals surface area contributed by atoms with Gasteiger partial charge >= 0.3 is 0 Å². The predicted octanol–water partition coefficient (Wildman–Crippen LogP) is 0.746. The van der Waals surface area contributed by atoms with Crippen LogP contribution < -0.4 is 0 Å². The smallest absolute Gasteiger partial charge is 0.259 e. The summed E-state index contributed by atoms with van der Waals surface area (Å²) in [4.78, 5) is 13.9. The highest BCUT2D eigenvalue weighted by molar-refractivity contribution is 5.96. The number of aliphatic hydroxyl groups is 1. The van der Waals surface area contributed by atoms with Gasteiger partial charge in [-0.15, -0.1) is 0 Å². The van der Waals surface area contributed by atoms with E-state index >= 15 is 0 Å². The number of carbonyl (C=O) groups excluding carboxylic acids is 1. The summed E-state index contributed by atoms with van der Waals surface area (Å²) >= 11 is 0. The SMILES string of the molecule is Cc1noc(C)c1C(=O)N1CC[C@@H](CO)C1. The van der Waals surface area contributed by atoms with Crippen molar-refractivity contribution in [1.29, 1.82) is 0 Å². The number of carbonyl (C=O) groups is 1. The monoisotopic (exact) mass is 224 g/mol. The van der Waals surface area contributed by atoms with Gasteiger partial charge in [-0.1, -0.05) is 5.16 Å². The van der Waals surface area contributed by atoms with Gasteiger partial charge in [0.15, 0.2) is 0 Å². The third kappa shape index (κ3) is 1.82. The van der Waals surface area contributed by atoms with E-state index in [4.69, 9.17) is 9.63 Å². The van der Waals surface area contributed by atoms with Crippen LogP contribution in [-0.4, -0.2) is 40.8 Å². The molecule has 1 saturated heterocycles. The first-order valence-corrected chi connectivity index (χ1v) is 5.46. The van der Waals surface area contributed by atoms with Crippen molar-refractivity contribution in [1.82, 2.24) is 10.1 Å². The topological polar surface area (TPSA) is 66.6 Å². The molecule has 88 valence electrons. The Morgan fingerprint density at radius 3 is 2.88 bits per heavy atom. The lowest BCUT2D eigenvalue weighted by molar-refractivity contribution is 0.0779. The number of aryl methyl sites for hydroxylation is 2. The van der Waals surface area contributed by atoms with Gasteiger partial charge in [-0.2, -0.15) is 0 Å². The lowest BCUT2D eigenvalue weighted by atomic mass is 10.1. The normalized spacial score (nSPS) is 20.4. The number of rotatable bonds is 2. The molecule has 1 aliphatic rings. The Morgan fingerprint density at radius 2 is 2.38 bits per heavy atom. The molecule has 1 fully saturated rings. The van der Waals surface area contributed by atoms with Crippen molar-refractivity contribution in [2.45, 2.75) is 20.3 Å². The number of hydrogen-bond donors (Lipinski definition) is 1. The van der Waals surface area contributed by atoms with Gasteiger partial charge in [-0.25, -0.2) is 0 Å². The van der Waals surface area contributed by atoms with Crippen LogP contribution in [0.25, 0.3) is 0 Å². The first kappa shape index (κ1) is 11.1. The van der Waals surface area contributed by atoms with Crippen LogP contribution >= 0.6 is 0 Å². The molecule has 5 heteroatoms. The van der Waals surface area contributed by atoms with Crippen LogP contribution in [0.4, 0.5) is 0 Å². The molecule has 0 aliphatic carbocycles. The number of nitrogens with zero attached hydrogens (tertiary/aromatic N) is 2. The molecule has 0 spiro atoms. The second-order valence-corrected chi connectivity index (χ2v) is 4.29. The minimum Gasteiger partial charge on any atom is -0.396 e. The largest absolute Gasteiger partial charge is 0.396 e. The molecule has 1 aromatic heterocycles. The lowest BCUT2D eigenvalue weighted by Crippen LogP contribution is -2.29. The summed E-state index contributed by atoms with van der Waals surface area (Å²) in [6.07, 6.45) is 0.867. The van der Waals surface area contributed by atoms with Crippen molar-refractivity contribution in [2.24, 2.45) is 5.92 Å². The number of likely N-dealkylation sites (tertiary alicyclic amines) is 1. The number of hydrogen-bond acceptors (Lipinski definition) is 4. The zero-order valence-corrected chi connectivity index (χ0v) is 9.56. The van der Waals surface area contributed by atoms with Crippen molar-refractivity contribution in [3.63, 3.8) is 0 Å². The molecule has 1 N–H and O–H groups in total. The van der Waals surface area contributed by atoms with Crippen LogP contribution in [0, 0.1) is 19.8 Å². The number of amides is 1. The Morgan fingerprint density at radius 1 is 1.62 bits per heavy atom. The molecule has 1 atom stereocenters. The predicted molar refractivity (Wildman–Crippen MR) is 57.1 cm³/mol. The van der Waals surface area contributed by atoms with E-state index in [-0.39, 0.29) is 18.4 Å². The molecular formula is C11H16N2O3. The van der Waals surface area contributed by atoms with Gasteiger partial charge in [0.25, 0.3) is 5.91 Å². The lowest BCUT2D eigenvalue weighted by Gasteiger charge is -2.15. The van der Waals surface area contributed by atoms with E-state index in [1.165, 1.54) is 0 Å². The summed E-state index contributed by atoms with van der Waals surface area (Å²) in [5.74, 6) is 0.742. The van der Waals surface area contributed by atoms with Crippen molar-refractivity contribution in [3.05, 3.63) is 17.0 Å². The number of aliphatic hydroxyl groups excluding tert-OH is 1. The van der Waals surface area contributed by atoms with Gasteiger partial charge in [0.2, 0.25) is 0 Å². The van der Waals surface area contributed by atoms with Gasteiger partial charge in [-0.05, 0) is 20.3 Å². The molecule has 2 heterocycles. The third-order valence-electron chi connectivity index (χ3n) is 3.08. The average molecular weight is 224 g/mol.